The molecule has 0 unspecified atom stereocenters. The first kappa shape index (κ1) is 20.3. The van der Waals surface area contributed by atoms with Crippen molar-refractivity contribution in [3.8, 4) is 17.2 Å². The van der Waals surface area contributed by atoms with Crippen LogP contribution in [0.25, 0.3) is 6.08 Å². The lowest BCUT2D eigenvalue weighted by atomic mass is 10.1. The number of amides is 1. The number of carbonyl (C=O) groups is 1. The molecule has 0 atom stereocenters. The van der Waals surface area contributed by atoms with Crippen LogP contribution in [0.3, 0.4) is 0 Å². The first-order valence-corrected chi connectivity index (χ1v) is 8.53. The van der Waals surface area contributed by atoms with Gasteiger partial charge in [-0.1, -0.05) is 12.1 Å². The molecular formula is C21H24FNO4. The molecule has 2 aromatic carbocycles. The molecule has 0 saturated carbocycles. The molecular weight excluding hydrogens is 349 g/mol. The number of hydrogen-bond donors (Lipinski definition) is 0. The summed E-state index contributed by atoms with van der Waals surface area (Å²) in [6, 6.07) is 10.1. The summed E-state index contributed by atoms with van der Waals surface area (Å²) >= 11 is 0. The molecule has 0 radical (unpaired) electrons. The Morgan fingerprint density at radius 1 is 1.00 bits per heavy atom. The molecule has 0 saturated heterocycles. The van der Waals surface area contributed by atoms with Gasteiger partial charge in [-0.3, -0.25) is 4.79 Å². The lowest BCUT2D eigenvalue weighted by Crippen LogP contribution is -2.28. The van der Waals surface area contributed by atoms with Gasteiger partial charge in [0.15, 0.2) is 23.1 Å². The molecule has 1 amide bonds. The average molecular weight is 373 g/mol. The molecule has 6 heteroatoms. The molecule has 144 valence electrons. The van der Waals surface area contributed by atoms with Crippen molar-refractivity contribution in [2.75, 3.05) is 27.9 Å². The first-order chi connectivity index (χ1) is 13.0. The van der Waals surface area contributed by atoms with Crippen LogP contribution in [0.2, 0.25) is 0 Å². The molecule has 2 aromatic rings. The van der Waals surface area contributed by atoms with Crippen molar-refractivity contribution >= 4 is 12.0 Å². The predicted octanol–water partition coefficient (Wildman–Crippen LogP) is 3.91. The molecule has 0 aliphatic carbocycles. The van der Waals surface area contributed by atoms with E-state index >= 15 is 0 Å². The summed E-state index contributed by atoms with van der Waals surface area (Å²) in [5, 5.41) is 0. The monoisotopic (exact) mass is 373 g/mol. The maximum absolute atomic E-state index is 13.8. The van der Waals surface area contributed by atoms with Crippen molar-refractivity contribution in [2.45, 2.75) is 13.5 Å². The maximum atomic E-state index is 13.8. The van der Waals surface area contributed by atoms with Crippen LogP contribution in [-0.2, 0) is 11.3 Å². The fraction of sp³-hybridized carbons (Fsp3) is 0.286. The number of halogens is 1. The van der Waals surface area contributed by atoms with E-state index in [0.29, 0.717) is 30.2 Å². The molecule has 0 fully saturated rings. The molecule has 0 aliphatic rings. The molecule has 0 heterocycles. The van der Waals surface area contributed by atoms with Gasteiger partial charge in [-0.25, -0.2) is 4.39 Å². The fourth-order valence-electron chi connectivity index (χ4n) is 2.60. The normalized spacial score (nSPS) is 10.7. The van der Waals surface area contributed by atoms with Gasteiger partial charge in [0, 0.05) is 19.2 Å². The van der Waals surface area contributed by atoms with Gasteiger partial charge in [0.05, 0.1) is 21.3 Å². The Morgan fingerprint density at radius 3 is 2.26 bits per heavy atom. The van der Waals surface area contributed by atoms with E-state index in [1.807, 2.05) is 13.0 Å². The zero-order chi connectivity index (χ0) is 19.8. The Morgan fingerprint density at radius 2 is 1.67 bits per heavy atom. The summed E-state index contributed by atoms with van der Waals surface area (Å²) in [5.41, 5.74) is 1.51. The smallest absolute Gasteiger partial charge is 0.246 e. The van der Waals surface area contributed by atoms with E-state index in [1.165, 1.54) is 19.3 Å². The highest BCUT2D eigenvalue weighted by Crippen LogP contribution is 2.28. The minimum Gasteiger partial charge on any atom is -0.494 e. The highest BCUT2D eigenvalue weighted by molar-refractivity contribution is 5.91. The summed E-state index contributed by atoms with van der Waals surface area (Å²) < 4.78 is 29.2. The summed E-state index contributed by atoms with van der Waals surface area (Å²) in [7, 11) is 4.54. The van der Waals surface area contributed by atoms with E-state index in [4.69, 9.17) is 14.2 Å². The number of benzene rings is 2. The minimum absolute atomic E-state index is 0.163. The van der Waals surface area contributed by atoms with Crippen LogP contribution in [0.5, 0.6) is 17.2 Å². The van der Waals surface area contributed by atoms with Crippen LogP contribution in [-0.4, -0.2) is 38.7 Å². The second-order valence-electron chi connectivity index (χ2n) is 5.77. The maximum Gasteiger partial charge on any atom is 0.246 e. The standard InChI is InChI=1S/C21H24FNO4/c1-5-23(14-16-7-9-18(25-2)17(22)12-16)21(24)11-8-15-6-10-19(26-3)20(13-15)27-4/h6-13H,5,14H2,1-4H3/b11-8+. The molecule has 0 aromatic heterocycles. The number of rotatable bonds is 8. The predicted molar refractivity (Wildman–Crippen MR) is 103 cm³/mol. The van der Waals surface area contributed by atoms with Gasteiger partial charge in [0.25, 0.3) is 0 Å². The lowest BCUT2D eigenvalue weighted by Gasteiger charge is -2.19. The zero-order valence-electron chi connectivity index (χ0n) is 16.0. The molecule has 5 nitrogen and oxygen atoms in total. The summed E-state index contributed by atoms with van der Waals surface area (Å²) in [6.45, 7) is 2.69. The highest BCUT2D eigenvalue weighted by atomic mass is 19.1. The van der Waals surface area contributed by atoms with Crippen molar-refractivity contribution < 1.29 is 23.4 Å². The molecule has 0 N–H and O–H groups in total. The zero-order valence-corrected chi connectivity index (χ0v) is 16.0. The van der Waals surface area contributed by atoms with Gasteiger partial charge in [-0.15, -0.1) is 0 Å². The van der Waals surface area contributed by atoms with Crippen LogP contribution in [0.15, 0.2) is 42.5 Å². The number of hydrogen-bond acceptors (Lipinski definition) is 4. The van der Waals surface area contributed by atoms with Gasteiger partial charge >= 0.3 is 0 Å². The summed E-state index contributed by atoms with van der Waals surface area (Å²) in [4.78, 5) is 14.1. The first-order valence-electron chi connectivity index (χ1n) is 8.53. The Kier molecular flexibility index (Phi) is 7.23. The quantitative estimate of drug-likeness (QED) is 0.658. The molecule has 0 spiro atoms. The van der Waals surface area contributed by atoms with Crippen LogP contribution in [0.1, 0.15) is 18.1 Å². The van der Waals surface area contributed by atoms with E-state index in [2.05, 4.69) is 0 Å². The van der Waals surface area contributed by atoms with E-state index in [1.54, 1.807) is 49.5 Å². The molecule has 0 bridgehead atoms. The second-order valence-corrected chi connectivity index (χ2v) is 5.77. The van der Waals surface area contributed by atoms with Gasteiger partial charge in [0.1, 0.15) is 0 Å². The van der Waals surface area contributed by atoms with E-state index in [9.17, 15) is 9.18 Å². The fourth-order valence-corrected chi connectivity index (χ4v) is 2.60. The highest BCUT2D eigenvalue weighted by Gasteiger charge is 2.11. The number of carbonyl (C=O) groups excluding carboxylic acids is 1. The van der Waals surface area contributed by atoms with Gasteiger partial charge < -0.3 is 19.1 Å². The Balaban J connectivity index is 2.10. The third-order valence-corrected chi connectivity index (χ3v) is 4.11. The molecule has 2 rings (SSSR count). The summed E-state index contributed by atoms with van der Waals surface area (Å²) in [6.07, 6.45) is 3.20. The third kappa shape index (κ3) is 5.23. The largest absolute Gasteiger partial charge is 0.494 e. The van der Waals surface area contributed by atoms with Crippen molar-refractivity contribution in [1.29, 1.82) is 0 Å². The average Bonchev–Trinajstić information content (AvgIpc) is 2.69. The molecule has 27 heavy (non-hydrogen) atoms. The molecule has 0 aliphatic heterocycles. The number of likely N-dealkylation sites (N-methyl/N-ethyl adjacent to an activating group) is 1. The van der Waals surface area contributed by atoms with Crippen molar-refractivity contribution in [3.63, 3.8) is 0 Å². The van der Waals surface area contributed by atoms with Crippen LogP contribution in [0.4, 0.5) is 4.39 Å². The van der Waals surface area contributed by atoms with Gasteiger partial charge in [0.2, 0.25) is 5.91 Å². The van der Waals surface area contributed by atoms with E-state index in [-0.39, 0.29) is 11.7 Å². The van der Waals surface area contributed by atoms with Crippen LogP contribution < -0.4 is 14.2 Å². The topological polar surface area (TPSA) is 48.0 Å². The van der Waals surface area contributed by atoms with Crippen LogP contribution in [0, 0.1) is 5.82 Å². The number of ether oxygens (including phenoxy) is 3. The van der Waals surface area contributed by atoms with E-state index in [0.717, 1.165) is 5.56 Å². The second kappa shape index (κ2) is 9.62. The Bertz CT molecular complexity index is 820. The van der Waals surface area contributed by atoms with Crippen molar-refractivity contribution in [3.05, 3.63) is 59.4 Å². The third-order valence-electron chi connectivity index (χ3n) is 4.11. The Labute approximate surface area is 159 Å². The Hall–Kier alpha value is -3.02. The van der Waals surface area contributed by atoms with Crippen LogP contribution >= 0.6 is 0 Å². The number of nitrogens with zero attached hydrogens (tertiary/aromatic N) is 1. The van der Waals surface area contributed by atoms with Gasteiger partial charge in [-0.2, -0.15) is 0 Å². The lowest BCUT2D eigenvalue weighted by molar-refractivity contribution is -0.126. The van der Waals surface area contributed by atoms with E-state index < -0.39 is 5.82 Å². The minimum atomic E-state index is -0.445. The summed E-state index contributed by atoms with van der Waals surface area (Å²) in [5.74, 6) is 0.787. The SMILES string of the molecule is CCN(Cc1ccc(OC)c(F)c1)C(=O)/C=C/c1ccc(OC)c(OC)c1. The van der Waals surface area contributed by atoms with Crippen molar-refractivity contribution in [1.82, 2.24) is 4.90 Å². The number of methoxy groups -OCH3 is 3. The van der Waals surface area contributed by atoms with Crippen molar-refractivity contribution in [2.24, 2.45) is 0 Å². The van der Waals surface area contributed by atoms with Gasteiger partial charge in [-0.05, 0) is 48.4 Å².